The van der Waals surface area contributed by atoms with Crippen LogP contribution in [-0.2, 0) is 6.61 Å². The number of rotatable bonds is 5. The highest BCUT2D eigenvalue weighted by atomic mass is 79.9. The maximum Gasteiger partial charge on any atom is 0.129 e. The summed E-state index contributed by atoms with van der Waals surface area (Å²) in [6, 6.07) is 11.9. The number of ether oxygens (including phenoxy) is 1. The third kappa shape index (κ3) is 4.04. The number of benzene rings is 2. The van der Waals surface area contributed by atoms with E-state index in [2.05, 4.69) is 21.1 Å². The van der Waals surface area contributed by atoms with Crippen molar-refractivity contribution in [3.05, 3.63) is 63.9 Å². The molecule has 0 aliphatic rings. The fourth-order valence-corrected chi connectivity index (χ4v) is 2.30. The Bertz CT molecular complexity index is 641. The highest BCUT2D eigenvalue weighted by Crippen LogP contribution is 2.19. The first kappa shape index (κ1) is 15.5. The van der Waals surface area contributed by atoms with E-state index in [-0.39, 0.29) is 12.4 Å². The average molecular weight is 352 g/mol. The van der Waals surface area contributed by atoms with Crippen molar-refractivity contribution in [2.24, 2.45) is 5.16 Å². The van der Waals surface area contributed by atoms with Crippen molar-refractivity contribution in [3.8, 4) is 5.75 Å². The van der Waals surface area contributed by atoms with E-state index in [1.54, 1.807) is 24.3 Å². The summed E-state index contributed by atoms with van der Waals surface area (Å²) < 4.78 is 20.0. The van der Waals surface area contributed by atoms with Gasteiger partial charge in [-0.15, -0.1) is 0 Å². The second kappa shape index (κ2) is 7.22. The molecule has 1 N–H and O–H groups in total. The monoisotopic (exact) mass is 351 g/mol. The van der Waals surface area contributed by atoms with Crippen molar-refractivity contribution in [1.82, 2.24) is 0 Å². The van der Waals surface area contributed by atoms with Gasteiger partial charge < -0.3 is 9.94 Å². The van der Waals surface area contributed by atoms with Gasteiger partial charge in [0.15, 0.2) is 0 Å². The van der Waals surface area contributed by atoms with Crippen LogP contribution < -0.4 is 4.74 Å². The standard InChI is InChI=1S/C16H15BrFNO2/c1-2-16(19-20)11-3-6-14(7-4-11)21-10-12-9-13(17)5-8-15(12)18/h3-9,20H,2,10H2,1H3/b19-16+. The number of oxime groups is 1. The summed E-state index contributed by atoms with van der Waals surface area (Å²) in [6.07, 6.45) is 0.639. The van der Waals surface area contributed by atoms with Crippen LogP contribution in [-0.4, -0.2) is 10.9 Å². The van der Waals surface area contributed by atoms with Crippen LogP contribution in [0.1, 0.15) is 24.5 Å². The topological polar surface area (TPSA) is 41.8 Å². The fourth-order valence-electron chi connectivity index (χ4n) is 1.89. The second-order valence-electron chi connectivity index (χ2n) is 4.45. The lowest BCUT2D eigenvalue weighted by molar-refractivity contribution is 0.299. The van der Waals surface area contributed by atoms with Gasteiger partial charge in [0.1, 0.15) is 18.2 Å². The average Bonchev–Trinajstić information content (AvgIpc) is 2.51. The molecule has 3 nitrogen and oxygen atoms in total. The molecule has 0 saturated carbocycles. The Labute approximate surface area is 131 Å². The van der Waals surface area contributed by atoms with Crippen LogP contribution in [0, 0.1) is 5.82 Å². The van der Waals surface area contributed by atoms with Gasteiger partial charge in [0, 0.05) is 10.0 Å². The first-order valence-corrected chi connectivity index (χ1v) is 7.31. The van der Waals surface area contributed by atoms with Gasteiger partial charge in [-0.3, -0.25) is 0 Å². The molecule has 0 unspecified atom stereocenters. The summed E-state index contributed by atoms with van der Waals surface area (Å²) in [5.41, 5.74) is 1.93. The molecule has 0 heterocycles. The van der Waals surface area contributed by atoms with Crippen LogP contribution in [0.2, 0.25) is 0 Å². The Morgan fingerprint density at radius 3 is 2.57 bits per heavy atom. The number of nitrogens with zero attached hydrogens (tertiary/aromatic N) is 1. The molecule has 0 aliphatic carbocycles. The molecule has 0 bridgehead atoms. The number of hydrogen-bond acceptors (Lipinski definition) is 3. The van der Waals surface area contributed by atoms with Gasteiger partial charge in [-0.2, -0.15) is 0 Å². The van der Waals surface area contributed by atoms with Crippen molar-refractivity contribution < 1.29 is 14.3 Å². The molecule has 2 rings (SSSR count). The molecule has 0 atom stereocenters. The SMILES string of the molecule is CC/C(=N\O)c1ccc(OCc2cc(Br)ccc2F)cc1. The van der Waals surface area contributed by atoms with E-state index in [1.807, 2.05) is 19.1 Å². The maximum atomic E-state index is 13.6. The zero-order chi connectivity index (χ0) is 15.2. The molecule has 2 aromatic rings. The zero-order valence-corrected chi connectivity index (χ0v) is 13.1. The molecule has 0 fully saturated rings. The third-order valence-electron chi connectivity index (χ3n) is 3.05. The Hall–Kier alpha value is -1.88. The normalized spacial score (nSPS) is 11.5. The number of hydrogen-bond donors (Lipinski definition) is 1. The predicted octanol–water partition coefficient (Wildman–Crippen LogP) is 4.76. The lowest BCUT2D eigenvalue weighted by Gasteiger charge is -2.09. The van der Waals surface area contributed by atoms with E-state index in [1.165, 1.54) is 6.07 Å². The van der Waals surface area contributed by atoms with E-state index in [4.69, 9.17) is 9.94 Å². The molecule has 0 spiro atoms. The first-order chi connectivity index (χ1) is 10.1. The van der Waals surface area contributed by atoms with E-state index >= 15 is 0 Å². The van der Waals surface area contributed by atoms with Gasteiger partial charge in [-0.1, -0.05) is 28.0 Å². The summed E-state index contributed by atoms with van der Waals surface area (Å²) in [4.78, 5) is 0. The van der Waals surface area contributed by atoms with Crippen LogP contribution in [0.4, 0.5) is 4.39 Å². The van der Waals surface area contributed by atoms with Crippen LogP contribution in [0.5, 0.6) is 5.75 Å². The quantitative estimate of drug-likeness (QED) is 0.479. The van der Waals surface area contributed by atoms with Crippen molar-refractivity contribution in [2.75, 3.05) is 0 Å². The molecule has 0 aromatic heterocycles. The van der Waals surface area contributed by atoms with Crippen LogP contribution in [0.3, 0.4) is 0 Å². The molecule has 5 heteroatoms. The van der Waals surface area contributed by atoms with E-state index < -0.39 is 0 Å². The highest BCUT2D eigenvalue weighted by Gasteiger charge is 2.05. The lowest BCUT2D eigenvalue weighted by Crippen LogP contribution is -2.01. The van der Waals surface area contributed by atoms with Gasteiger partial charge in [0.2, 0.25) is 0 Å². The molecular weight excluding hydrogens is 337 g/mol. The molecule has 21 heavy (non-hydrogen) atoms. The van der Waals surface area contributed by atoms with Gasteiger partial charge in [0.25, 0.3) is 0 Å². The van der Waals surface area contributed by atoms with E-state index in [0.29, 0.717) is 23.4 Å². The van der Waals surface area contributed by atoms with Crippen LogP contribution in [0.15, 0.2) is 52.1 Å². The van der Waals surface area contributed by atoms with Crippen molar-refractivity contribution in [3.63, 3.8) is 0 Å². The molecular formula is C16H15BrFNO2. The second-order valence-corrected chi connectivity index (χ2v) is 5.36. The lowest BCUT2D eigenvalue weighted by atomic mass is 10.1. The minimum Gasteiger partial charge on any atom is -0.489 e. The summed E-state index contributed by atoms with van der Waals surface area (Å²) >= 11 is 3.30. The van der Waals surface area contributed by atoms with Crippen molar-refractivity contribution in [1.29, 1.82) is 0 Å². The molecule has 0 radical (unpaired) electrons. The van der Waals surface area contributed by atoms with Gasteiger partial charge in [-0.25, -0.2) is 4.39 Å². The van der Waals surface area contributed by atoms with Gasteiger partial charge >= 0.3 is 0 Å². The van der Waals surface area contributed by atoms with Crippen molar-refractivity contribution in [2.45, 2.75) is 20.0 Å². The summed E-state index contributed by atoms with van der Waals surface area (Å²) in [7, 11) is 0. The number of halogens is 2. The Kier molecular flexibility index (Phi) is 5.33. The van der Waals surface area contributed by atoms with Gasteiger partial charge in [0.05, 0.1) is 5.71 Å². The Morgan fingerprint density at radius 2 is 1.95 bits per heavy atom. The summed E-state index contributed by atoms with van der Waals surface area (Å²) in [5, 5.41) is 12.1. The Morgan fingerprint density at radius 1 is 1.24 bits per heavy atom. The largest absolute Gasteiger partial charge is 0.489 e. The highest BCUT2D eigenvalue weighted by molar-refractivity contribution is 9.10. The van der Waals surface area contributed by atoms with Crippen LogP contribution >= 0.6 is 15.9 Å². The molecule has 0 amide bonds. The molecule has 0 aliphatic heterocycles. The smallest absolute Gasteiger partial charge is 0.129 e. The van der Waals surface area contributed by atoms with E-state index in [9.17, 15) is 4.39 Å². The minimum atomic E-state index is -0.296. The van der Waals surface area contributed by atoms with Crippen molar-refractivity contribution >= 4 is 21.6 Å². The summed E-state index contributed by atoms with van der Waals surface area (Å²) in [5.74, 6) is 0.335. The van der Waals surface area contributed by atoms with Crippen LogP contribution in [0.25, 0.3) is 0 Å². The third-order valence-corrected chi connectivity index (χ3v) is 3.54. The minimum absolute atomic E-state index is 0.152. The molecule has 110 valence electrons. The van der Waals surface area contributed by atoms with E-state index in [0.717, 1.165) is 10.0 Å². The first-order valence-electron chi connectivity index (χ1n) is 6.52. The fraction of sp³-hybridized carbons (Fsp3) is 0.188. The zero-order valence-electron chi connectivity index (χ0n) is 11.5. The molecule has 0 saturated heterocycles. The van der Waals surface area contributed by atoms with Gasteiger partial charge in [-0.05, 0) is 54.4 Å². The predicted molar refractivity (Wildman–Crippen MR) is 83.5 cm³/mol. The Balaban J connectivity index is 2.05. The molecule has 2 aromatic carbocycles. The maximum absolute atomic E-state index is 13.6. The summed E-state index contributed by atoms with van der Waals surface area (Å²) in [6.45, 7) is 2.06.